The molecule has 49 heavy (non-hydrogen) atoms. The van der Waals surface area contributed by atoms with Gasteiger partial charge in [-0.2, -0.15) is 0 Å². The maximum absolute atomic E-state index is 6.05. The van der Waals surface area contributed by atoms with E-state index in [9.17, 15) is 0 Å². The van der Waals surface area contributed by atoms with Gasteiger partial charge in [-0.3, -0.25) is 0 Å². The second-order valence-electron chi connectivity index (χ2n) is 13.2. The lowest BCUT2D eigenvalue weighted by molar-refractivity contribution is 0.459. The van der Waals surface area contributed by atoms with Crippen molar-refractivity contribution in [2.24, 2.45) is 0 Å². The SMILES string of the molecule is Cc1ccc(N(c2ccc(OBOc3ccc(N(c4ccc(C)c(C)c4)c4ccc(C)cc4C)cc3)cc2)c2ccc(C)c(C)c2)c(C)c1. The Bertz CT molecular complexity index is 1940. The summed E-state index contributed by atoms with van der Waals surface area (Å²) in [4.78, 5) is 4.62. The highest BCUT2D eigenvalue weighted by atomic mass is 16.6. The van der Waals surface area contributed by atoms with Crippen molar-refractivity contribution in [2.75, 3.05) is 9.80 Å². The van der Waals surface area contributed by atoms with E-state index in [0.717, 1.165) is 45.6 Å². The van der Waals surface area contributed by atoms with Crippen LogP contribution in [0.1, 0.15) is 44.5 Å². The quantitative estimate of drug-likeness (QED) is 0.139. The summed E-state index contributed by atoms with van der Waals surface area (Å²) >= 11 is 0. The molecular formula is C44H45BN2O2. The molecular weight excluding hydrogens is 599 g/mol. The predicted octanol–water partition coefficient (Wildman–Crippen LogP) is 11.8. The molecule has 0 bridgehead atoms. The van der Waals surface area contributed by atoms with Gasteiger partial charge in [-0.05, 0) is 174 Å². The van der Waals surface area contributed by atoms with Crippen LogP contribution in [0.15, 0.2) is 121 Å². The van der Waals surface area contributed by atoms with Gasteiger partial charge in [-0.1, -0.05) is 47.5 Å². The van der Waals surface area contributed by atoms with Crippen LogP contribution in [0.25, 0.3) is 0 Å². The third-order valence-corrected chi connectivity index (χ3v) is 9.32. The van der Waals surface area contributed by atoms with Gasteiger partial charge in [0.1, 0.15) is 11.5 Å². The summed E-state index contributed by atoms with van der Waals surface area (Å²) in [7, 11) is 0.106. The van der Waals surface area contributed by atoms with E-state index >= 15 is 0 Å². The first-order valence-corrected chi connectivity index (χ1v) is 16.9. The van der Waals surface area contributed by atoms with Crippen LogP contribution in [0.5, 0.6) is 11.5 Å². The van der Waals surface area contributed by atoms with Crippen LogP contribution in [-0.4, -0.2) is 7.69 Å². The van der Waals surface area contributed by atoms with Gasteiger partial charge < -0.3 is 19.1 Å². The molecule has 4 nitrogen and oxygen atoms in total. The Morgan fingerprint density at radius 2 is 0.714 bits per heavy atom. The van der Waals surface area contributed by atoms with Crippen LogP contribution in [0.3, 0.4) is 0 Å². The van der Waals surface area contributed by atoms with E-state index < -0.39 is 0 Å². The molecule has 0 aliphatic rings. The summed E-state index contributed by atoms with van der Waals surface area (Å²) in [6, 6.07) is 42.9. The molecule has 0 heterocycles. The average molecular weight is 645 g/mol. The number of nitrogens with zero attached hydrogens (tertiary/aromatic N) is 2. The van der Waals surface area contributed by atoms with Crippen molar-refractivity contribution >= 4 is 41.8 Å². The van der Waals surface area contributed by atoms with Gasteiger partial charge >= 0.3 is 7.69 Å². The molecule has 5 heteroatoms. The molecule has 0 aliphatic heterocycles. The summed E-state index contributed by atoms with van der Waals surface area (Å²) in [6.45, 7) is 17.2. The second kappa shape index (κ2) is 14.4. The Labute approximate surface area is 292 Å². The van der Waals surface area contributed by atoms with Gasteiger partial charge in [0.15, 0.2) is 0 Å². The van der Waals surface area contributed by atoms with E-state index in [2.05, 4.69) is 162 Å². The van der Waals surface area contributed by atoms with Crippen LogP contribution in [0.4, 0.5) is 34.1 Å². The highest BCUT2D eigenvalue weighted by Crippen LogP contribution is 2.39. The Hall–Kier alpha value is -5.42. The van der Waals surface area contributed by atoms with Gasteiger partial charge in [0, 0.05) is 34.1 Å². The van der Waals surface area contributed by atoms with Crippen molar-refractivity contribution in [3.05, 3.63) is 166 Å². The Kier molecular flexibility index (Phi) is 9.82. The Morgan fingerprint density at radius 3 is 1.06 bits per heavy atom. The molecule has 6 rings (SSSR count). The molecule has 0 aliphatic carbocycles. The zero-order chi connectivity index (χ0) is 34.7. The van der Waals surface area contributed by atoms with Gasteiger partial charge in [0.2, 0.25) is 0 Å². The number of aryl methyl sites for hydroxylation is 8. The molecule has 0 spiro atoms. The molecule has 0 unspecified atom stereocenters. The van der Waals surface area contributed by atoms with Crippen LogP contribution >= 0.6 is 0 Å². The van der Waals surface area contributed by atoms with Crippen molar-refractivity contribution in [3.8, 4) is 11.5 Å². The molecule has 0 atom stereocenters. The lowest BCUT2D eigenvalue weighted by Crippen LogP contribution is -2.13. The van der Waals surface area contributed by atoms with E-state index in [1.165, 1.54) is 44.5 Å². The maximum Gasteiger partial charge on any atom is 0.576 e. The summed E-state index contributed by atoms with van der Waals surface area (Å²) < 4.78 is 12.1. The van der Waals surface area contributed by atoms with E-state index in [4.69, 9.17) is 9.31 Å². The van der Waals surface area contributed by atoms with Crippen LogP contribution in [0.2, 0.25) is 0 Å². The molecule has 0 fully saturated rings. The van der Waals surface area contributed by atoms with Crippen LogP contribution in [-0.2, 0) is 0 Å². The molecule has 6 aromatic carbocycles. The van der Waals surface area contributed by atoms with Crippen molar-refractivity contribution in [3.63, 3.8) is 0 Å². The highest BCUT2D eigenvalue weighted by Gasteiger charge is 2.17. The first-order valence-electron chi connectivity index (χ1n) is 16.9. The topological polar surface area (TPSA) is 24.9 Å². The van der Waals surface area contributed by atoms with E-state index in [1.54, 1.807) is 0 Å². The summed E-state index contributed by atoms with van der Waals surface area (Å²) in [5.74, 6) is 1.49. The van der Waals surface area contributed by atoms with Crippen molar-refractivity contribution in [1.29, 1.82) is 0 Å². The van der Waals surface area contributed by atoms with Crippen LogP contribution < -0.4 is 19.1 Å². The molecule has 0 radical (unpaired) electrons. The second-order valence-corrected chi connectivity index (χ2v) is 13.2. The van der Waals surface area contributed by atoms with Gasteiger partial charge in [-0.15, -0.1) is 0 Å². The minimum absolute atomic E-state index is 0.106. The van der Waals surface area contributed by atoms with E-state index in [1.807, 2.05) is 24.3 Å². The first kappa shape index (κ1) is 33.5. The molecule has 0 saturated carbocycles. The Morgan fingerprint density at radius 1 is 0.347 bits per heavy atom. The average Bonchev–Trinajstić information content (AvgIpc) is 3.08. The van der Waals surface area contributed by atoms with Crippen LogP contribution in [0, 0.1) is 55.4 Å². The largest absolute Gasteiger partial charge is 0.576 e. The van der Waals surface area contributed by atoms with Crippen molar-refractivity contribution < 1.29 is 9.31 Å². The fourth-order valence-corrected chi connectivity index (χ4v) is 6.24. The van der Waals surface area contributed by atoms with E-state index in [-0.39, 0.29) is 7.69 Å². The number of rotatable bonds is 10. The van der Waals surface area contributed by atoms with Crippen molar-refractivity contribution in [1.82, 2.24) is 0 Å². The number of benzene rings is 6. The zero-order valence-electron chi connectivity index (χ0n) is 30.0. The summed E-state index contributed by atoms with van der Waals surface area (Å²) in [5.41, 5.74) is 16.7. The van der Waals surface area contributed by atoms with Gasteiger partial charge in [-0.25, -0.2) is 0 Å². The normalized spacial score (nSPS) is 10.9. The molecule has 0 aromatic heterocycles. The fraction of sp³-hybridized carbons (Fsp3) is 0.182. The lowest BCUT2D eigenvalue weighted by atomic mass is 10.1. The summed E-state index contributed by atoms with van der Waals surface area (Å²) in [6.07, 6.45) is 0. The lowest BCUT2D eigenvalue weighted by Gasteiger charge is -2.28. The van der Waals surface area contributed by atoms with E-state index in [0.29, 0.717) is 0 Å². The minimum atomic E-state index is 0.106. The number of hydrogen-bond donors (Lipinski definition) is 0. The molecule has 246 valence electrons. The number of hydrogen-bond acceptors (Lipinski definition) is 4. The van der Waals surface area contributed by atoms with Crippen molar-refractivity contribution in [2.45, 2.75) is 55.4 Å². The smallest absolute Gasteiger partial charge is 0.529 e. The maximum atomic E-state index is 6.05. The highest BCUT2D eigenvalue weighted by molar-refractivity contribution is 6.20. The number of anilines is 6. The molecule has 0 N–H and O–H groups in total. The minimum Gasteiger partial charge on any atom is -0.529 e. The molecule has 6 aromatic rings. The third kappa shape index (κ3) is 7.52. The van der Waals surface area contributed by atoms with Gasteiger partial charge in [0.05, 0.1) is 0 Å². The predicted molar refractivity (Wildman–Crippen MR) is 209 cm³/mol. The fourth-order valence-electron chi connectivity index (χ4n) is 6.24. The summed E-state index contributed by atoms with van der Waals surface area (Å²) in [5, 5.41) is 0. The molecule has 0 saturated heterocycles. The first-order chi connectivity index (χ1) is 23.6. The monoisotopic (exact) mass is 644 g/mol. The molecule has 0 amide bonds. The standard InChI is InChI=1S/C44H45BN2O2/c1-29-9-23-43(35(7)25-29)46(39-13-11-31(3)33(5)27-39)37-15-19-41(20-16-37)48-45-49-42-21-17-38(18-22-42)47(40-14-12-32(4)34(6)28-40)44-24-10-30(2)26-36(44)8/h9-28,45H,1-8H3. The van der Waals surface area contributed by atoms with Gasteiger partial charge in [0.25, 0.3) is 0 Å². The zero-order valence-corrected chi connectivity index (χ0v) is 30.0. The Balaban J connectivity index is 1.17. The third-order valence-electron chi connectivity index (χ3n) is 9.32.